The van der Waals surface area contributed by atoms with Crippen molar-refractivity contribution in [2.24, 2.45) is 0 Å². The highest BCUT2D eigenvalue weighted by Crippen LogP contribution is 2.26. The number of anilines is 1. The van der Waals surface area contributed by atoms with Crippen LogP contribution in [-0.2, 0) is 9.53 Å². The quantitative estimate of drug-likeness (QED) is 0.429. The van der Waals surface area contributed by atoms with E-state index in [1.54, 1.807) is 24.3 Å². The fourth-order valence-corrected chi connectivity index (χ4v) is 3.55. The third kappa shape index (κ3) is 4.79. The molecule has 2 heterocycles. The van der Waals surface area contributed by atoms with Gasteiger partial charge in [0.2, 0.25) is 0 Å². The molecule has 1 amide bonds. The molecule has 10 heteroatoms. The Balaban J connectivity index is 1.52. The Hall–Kier alpha value is -3.56. The Morgan fingerprint density at radius 1 is 1.10 bits per heavy atom. The van der Waals surface area contributed by atoms with Gasteiger partial charge in [0.1, 0.15) is 5.82 Å². The number of ether oxygens (including phenoxy) is 1. The van der Waals surface area contributed by atoms with Crippen molar-refractivity contribution in [3.63, 3.8) is 0 Å². The van der Waals surface area contributed by atoms with Gasteiger partial charge in [-0.3, -0.25) is 4.79 Å². The molecule has 0 radical (unpaired) electrons. The summed E-state index contributed by atoms with van der Waals surface area (Å²) in [7, 11) is 0. The number of thiophene rings is 1. The van der Waals surface area contributed by atoms with Gasteiger partial charge in [-0.15, -0.1) is 16.4 Å². The van der Waals surface area contributed by atoms with E-state index in [-0.39, 0.29) is 5.82 Å². The number of carbonyl (C=O) groups excluding carboxylic acids is 2. The molecule has 0 bridgehead atoms. The highest BCUT2D eigenvalue weighted by molar-refractivity contribution is 7.13. The molecule has 156 valence electrons. The summed E-state index contributed by atoms with van der Waals surface area (Å²) in [6.07, 6.45) is 0. The minimum Gasteiger partial charge on any atom is -0.450 e. The van der Waals surface area contributed by atoms with Gasteiger partial charge in [-0.2, -0.15) is 4.98 Å². The number of amides is 1. The Bertz CT molecular complexity index is 1230. The number of hydrogen-bond acceptors (Lipinski definition) is 6. The van der Waals surface area contributed by atoms with E-state index in [0.717, 1.165) is 4.88 Å². The number of benzene rings is 2. The summed E-state index contributed by atoms with van der Waals surface area (Å²) in [5.41, 5.74) is 0.928. The minimum atomic E-state index is -0.868. The molecule has 0 atom stereocenters. The van der Waals surface area contributed by atoms with Gasteiger partial charge in [0.25, 0.3) is 11.7 Å². The normalized spacial score (nSPS) is 10.6. The second-order valence-electron chi connectivity index (χ2n) is 6.23. The number of nitrogens with one attached hydrogen (secondary N) is 1. The zero-order valence-electron chi connectivity index (χ0n) is 15.8. The maximum Gasteiger partial charge on any atom is 0.378 e. The molecule has 0 spiro atoms. The first-order valence-corrected chi connectivity index (χ1v) is 10.3. The highest BCUT2D eigenvalue weighted by atomic mass is 35.5. The predicted octanol–water partition coefficient (Wildman–Crippen LogP) is 4.58. The average Bonchev–Trinajstić information content (AvgIpc) is 3.44. The lowest BCUT2D eigenvalue weighted by atomic mass is 10.3. The summed E-state index contributed by atoms with van der Waals surface area (Å²) >= 11 is 7.40. The van der Waals surface area contributed by atoms with Gasteiger partial charge in [-0.25, -0.2) is 13.9 Å². The molecule has 31 heavy (non-hydrogen) atoms. The lowest BCUT2D eigenvalue weighted by Crippen LogP contribution is -2.21. The van der Waals surface area contributed by atoms with Crippen LogP contribution in [0.3, 0.4) is 0 Å². The van der Waals surface area contributed by atoms with Gasteiger partial charge in [0.15, 0.2) is 12.4 Å². The van der Waals surface area contributed by atoms with Crippen molar-refractivity contribution < 1.29 is 18.7 Å². The molecule has 2 aromatic carbocycles. The number of hydrogen-bond donors (Lipinski definition) is 1. The van der Waals surface area contributed by atoms with Gasteiger partial charge in [0, 0.05) is 0 Å². The van der Waals surface area contributed by atoms with Crippen LogP contribution >= 0.6 is 22.9 Å². The van der Waals surface area contributed by atoms with Crippen LogP contribution in [0, 0.1) is 5.82 Å². The van der Waals surface area contributed by atoms with Gasteiger partial charge in [-0.05, 0) is 47.8 Å². The standard InChI is InChI=1S/C21H14ClFN4O3S/c22-15-4-1-2-5-16(15)24-18(28)12-30-21(29)19-25-20(17-6-3-11-31-17)27(26-19)14-9-7-13(23)8-10-14/h1-11H,12H2,(H,24,28). The maximum absolute atomic E-state index is 13.3. The van der Waals surface area contributed by atoms with Gasteiger partial charge < -0.3 is 10.1 Å². The summed E-state index contributed by atoms with van der Waals surface area (Å²) in [5, 5.41) is 8.98. The van der Waals surface area contributed by atoms with E-state index in [4.69, 9.17) is 16.3 Å². The average molecular weight is 457 g/mol. The van der Waals surface area contributed by atoms with Crippen LogP contribution in [0.25, 0.3) is 16.4 Å². The molecular weight excluding hydrogens is 443 g/mol. The van der Waals surface area contributed by atoms with E-state index in [0.29, 0.717) is 22.2 Å². The molecule has 0 fully saturated rings. The molecule has 0 saturated heterocycles. The first-order valence-electron chi connectivity index (χ1n) is 8.99. The number of halogens is 2. The van der Waals surface area contributed by atoms with Gasteiger partial charge >= 0.3 is 5.97 Å². The molecule has 4 aromatic rings. The molecular formula is C21H14ClFN4O3S. The van der Waals surface area contributed by atoms with Crippen LogP contribution < -0.4 is 5.32 Å². The molecule has 0 aliphatic rings. The lowest BCUT2D eigenvalue weighted by molar-refractivity contribution is -0.119. The van der Waals surface area contributed by atoms with Crippen molar-refractivity contribution in [2.45, 2.75) is 0 Å². The van der Waals surface area contributed by atoms with Gasteiger partial charge in [0.05, 0.1) is 21.3 Å². The van der Waals surface area contributed by atoms with Gasteiger partial charge in [-0.1, -0.05) is 29.8 Å². The van der Waals surface area contributed by atoms with E-state index in [2.05, 4.69) is 15.4 Å². The van der Waals surface area contributed by atoms with Crippen LogP contribution in [0.2, 0.25) is 5.02 Å². The lowest BCUT2D eigenvalue weighted by Gasteiger charge is -2.06. The van der Waals surface area contributed by atoms with Crippen LogP contribution in [0.15, 0.2) is 66.0 Å². The molecule has 1 N–H and O–H groups in total. The van der Waals surface area contributed by atoms with E-state index in [9.17, 15) is 14.0 Å². The summed E-state index contributed by atoms with van der Waals surface area (Å²) in [4.78, 5) is 29.6. The van der Waals surface area contributed by atoms with E-state index < -0.39 is 24.3 Å². The number of carbonyl (C=O) groups is 2. The fraction of sp³-hybridized carbons (Fsp3) is 0.0476. The number of nitrogens with zero attached hydrogens (tertiary/aromatic N) is 3. The van der Waals surface area contributed by atoms with Crippen molar-refractivity contribution in [3.05, 3.63) is 82.7 Å². The molecule has 0 aliphatic heterocycles. The van der Waals surface area contributed by atoms with Crippen LogP contribution in [0.1, 0.15) is 10.6 Å². The SMILES string of the molecule is O=C(COC(=O)c1nc(-c2cccs2)n(-c2ccc(F)cc2)n1)Nc1ccccc1Cl. The van der Waals surface area contributed by atoms with E-state index in [1.165, 1.54) is 40.3 Å². The minimum absolute atomic E-state index is 0.224. The topological polar surface area (TPSA) is 86.1 Å². The fourth-order valence-electron chi connectivity index (χ4n) is 2.67. The first-order chi connectivity index (χ1) is 15.0. The number of para-hydroxylation sites is 1. The Morgan fingerprint density at radius 3 is 2.58 bits per heavy atom. The van der Waals surface area contributed by atoms with Crippen molar-refractivity contribution >= 4 is 40.5 Å². The smallest absolute Gasteiger partial charge is 0.378 e. The zero-order chi connectivity index (χ0) is 21.8. The molecule has 0 unspecified atom stereocenters. The third-order valence-corrected chi connectivity index (χ3v) is 5.28. The Labute approximate surface area is 185 Å². The molecule has 0 saturated carbocycles. The summed E-state index contributed by atoms with van der Waals surface area (Å²) in [6.45, 7) is -0.538. The molecule has 4 rings (SSSR count). The molecule has 2 aromatic heterocycles. The van der Waals surface area contributed by atoms with Crippen molar-refractivity contribution in [1.29, 1.82) is 0 Å². The number of esters is 1. The van der Waals surface area contributed by atoms with Crippen LogP contribution in [-0.4, -0.2) is 33.2 Å². The third-order valence-electron chi connectivity index (χ3n) is 4.08. The predicted molar refractivity (Wildman–Crippen MR) is 115 cm³/mol. The summed E-state index contributed by atoms with van der Waals surface area (Å²) < 4.78 is 19.8. The van der Waals surface area contributed by atoms with Crippen molar-refractivity contribution in [3.8, 4) is 16.4 Å². The number of rotatable bonds is 6. The summed E-state index contributed by atoms with van der Waals surface area (Å²) in [6, 6.07) is 16.0. The van der Waals surface area contributed by atoms with Crippen LogP contribution in [0.4, 0.5) is 10.1 Å². The Morgan fingerprint density at radius 2 is 1.87 bits per heavy atom. The molecule has 7 nitrogen and oxygen atoms in total. The monoisotopic (exact) mass is 456 g/mol. The second kappa shape index (κ2) is 9.07. The van der Waals surface area contributed by atoms with Crippen molar-refractivity contribution in [2.75, 3.05) is 11.9 Å². The first kappa shape index (κ1) is 20.7. The molecule has 0 aliphatic carbocycles. The van der Waals surface area contributed by atoms with Crippen LogP contribution in [0.5, 0.6) is 0 Å². The zero-order valence-corrected chi connectivity index (χ0v) is 17.4. The van der Waals surface area contributed by atoms with E-state index >= 15 is 0 Å². The maximum atomic E-state index is 13.3. The summed E-state index contributed by atoms with van der Waals surface area (Å²) in [5.74, 6) is -1.65. The number of aromatic nitrogens is 3. The largest absolute Gasteiger partial charge is 0.450 e. The second-order valence-corrected chi connectivity index (χ2v) is 7.58. The van der Waals surface area contributed by atoms with E-state index in [1.807, 2.05) is 17.5 Å². The van der Waals surface area contributed by atoms with Crippen molar-refractivity contribution in [1.82, 2.24) is 14.8 Å². The Kier molecular flexibility index (Phi) is 6.06. The highest BCUT2D eigenvalue weighted by Gasteiger charge is 2.21.